The lowest BCUT2D eigenvalue weighted by molar-refractivity contribution is -0.197. The van der Waals surface area contributed by atoms with Gasteiger partial charge < -0.3 is 23.7 Å². The molecule has 7 nitrogen and oxygen atoms in total. The van der Waals surface area contributed by atoms with E-state index in [1.54, 1.807) is 21.0 Å². The molecule has 29 heavy (non-hydrogen) atoms. The summed E-state index contributed by atoms with van der Waals surface area (Å²) in [5, 5.41) is 1.94. The number of rotatable bonds is 7. The van der Waals surface area contributed by atoms with Gasteiger partial charge >= 0.3 is 11.9 Å². The van der Waals surface area contributed by atoms with Crippen molar-refractivity contribution in [2.24, 2.45) is 0 Å². The van der Waals surface area contributed by atoms with Gasteiger partial charge in [0.15, 0.2) is 18.0 Å². The van der Waals surface area contributed by atoms with Gasteiger partial charge in [0.05, 0.1) is 20.3 Å². The van der Waals surface area contributed by atoms with Crippen molar-refractivity contribution in [3.63, 3.8) is 0 Å². The molecule has 1 heterocycles. The molecule has 1 fully saturated rings. The molecule has 2 atom stereocenters. The largest absolute Gasteiger partial charge is 0.497 e. The van der Waals surface area contributed by atoms with Crippen LogP contribution >= 0.6 is 0 Å². The zero-order valence-corrected chi connectivity index (χ0v) is 17.1. The fourth-order valence-corrected chi connectivity index (χ4v) is 3.45. The molecule has 0 unspecified atom stereocenters. The zero-order chi connectivity index (χ0) is 21.0. The molecule has 1 aliphatic heterocycles. The van der Waals surface area contributed by atoms with E-state index in [0.29, 0.717) is 12.0 Å². The lowest BCUT2D eigenvalue weighted by atomic mass is 9.99. The first-order valence-electron chi connectivity index (χ1n) is 9.75. The minimum absolute atomic E-state index is 0.172. The zero-order valence-electron chi connectivity index (χ0n) is 17.1. The van der Waals surface area contributed by atoms with E-state index in [2.05, 4.69) is 0 Å². The number of methoxy groups -OCH3 is 1. The smallest absolute Gasteiger partial charge is 0.338 e. The maximum atomic E-state index is 12.4. The van der Waals surface area contributed by atoms with Crippen LogP contribution < -0.4 is 4.74 Å². The molecule has 1 aliphatic rings. The molecule has 0 bridgehead atoms. The van der Waals surface area contributed by atoms with Crippen LogP contribution in [0.25, 0.3) is 10.8 Å². The standard InChI is InChI=1S/C22H26O7/c1-5-22(16-10-8-15-13-17(25-4)11-9-14(15)12-16)28-18(20(23)26-6-2)19(29-22)21(24)27-7-3/h8-13,18-19H,5-7H2,1-4H3/t18-,19-/m1/s1. The number of hydrogen-bond donors (Lipinski definition) is 0. The predicted molar refractivity (Wildman–Crippen MR) is 105 cm³/mol. The SMILES string of the molecule is CCOC(=O)[C@@H]1OC(CC)(c2ccc3cc(OC)ccc3c2)O[C@H]1C(=O)OCC. The Morgan fingerprint density at radius 3 is 1.97 bits per heavy atom. The van der Waals surface area contributed by atoms with Crippen LogP contribution in [-0.2, 0) is 34.3 Å². The van der Waals surface area contributed by atoms with E-state index >= 15 is 0 Å². The van der Waals surface area contributed by atoms with Gasteiger partial charge in [0, 0.05) is 12.0 Å². The minimum Gasteiger partial charge on any atom is -0.497 e. The summed E-state index contributed by atoms with van der Waals surface area (Å²) in [4.78, 5) is 24.9. The summed E-state index contributed by atoms with van der Waals surface area (Å²) in [6, 6.07) is 11.4. The Hall–Kier alpha value is -2.64. The monoisotopic (exact) mass is 402 g/mol. The van der Waals surface area contributed by atoms with Crippen LogP contribution in [0.4, 0.5) is 0 Å². The highest BCUT2D eigenvalue weighted by Gasteiger charge is 2.55. The number of esters is 2. The highest BCUT2D eigenvalue weighted by Crippen LogP contribution is 2.42. The maximum Gasteiger partial charge on any atom is 0.338 e. The summed E-state index contributed by atoms with van der Waals surface area (Å²) in [5.74, 6) is -1.80. The molecule has 2 aromatic carbocycles. The fraction of sp³-hybridized carbons (Fsp3) is 0.455. The van der Waals surface area contributed by atoms with Crippen LogP contribution in [-0.4, -0.2) is 44.5 Å². The summed E-state index contributed by atoms with van der Waals surface area (Å²) >= 11 is 0. The molecule has 0 aromatic heterocycles. The molecule has 0 N–H and O–H groups in total. The third-order valence-electron chi connectivity index (χ3n) is 4.90. The summed E-state index contributed by atoms with van der Waals surface area (Å²) in [6.45, 7) is 5.60. The number of ether oxygens (including phenoxy) is 5. The van der Waals surface area contributed by atoms with Crippen LogP contribution in [0, 0.1) is 0 Å². The Balaban J connectivity index is 1.99. The molecule has 2 aromatic rings. The Kier molecular flexibility index (Phi) is 6.39. The molecule has 0 amide bonds. The van der Waals surface area contributed by atoms with Crippen molar-refractivity contribution in [1.82, 2.24) is 0 Å². The first-order chi connectivity index (χ1) is 14.0. The normalized spacial score (nSPS) is 20.4. The van der Waals surface area contributed by atoms with E-state index in [0.717, 1.165) is 16.5 Å². The van der Waals surface area contributed by atoms with Crippen molar-refractivity contribution in [3.8, 4) is 5.75 Å². The summed E-state index contributed by atoms with van der Waals surface area (Å²) < 4.78 is 27.5. The van der Waals surface area contributed by atoms with Gasteiger partial charge in [0.2, 0.25) is 0 Å². The highest BCUT2D eigenvalue weighted by molar-refractivity contribution is 5.87. The number of benzene rings is 2. The maximum absolute atomic E-state index is 12.4. The molecule has 1 saturated heterocycles. The predicted octanol–water partition coefficient (Wildman–Crippen LogP) is 3.32. The Labute approximate surface area is 169 Å². The number of hydrogen-bond acceptors (Lipinski definition) is 7. The first kappa shape index (κ1) is 21.1. The molecule has 0 spiro atoms. The van der Waals surface area contributed by atoms with Gasteiger partial charge in [-0.15, -0.1) is 0 Å². The fourth-order valence-electron chi connectivity index (χ4n) is 3.45. The molecule has 0 radical (unpaired) electrons. The van der Waals surface area contributed by atoms with E-state index in [4.69, 9.17) is 23.7 Å². The van der Waals surface area contributed by atoms with Gasteiger partial charge in [-0.1, -0.05) is 25.1 Å². The number of carbonyl (C=O) groups is 2. The highest BCUT2D eigenvalue weighted by atomic mass is 16.8. The Bertz CT molecular complexity index is 866. The van der Waals surface area contributed by atoms with Crippen molar-refractivity contribution in [3.05, 3.63) is 42.0 Å². The van der Waals surface area contributed by atoms with Crippen molar-refractivity contribution >= 4 is 22.7 Å². The van der Waals surface area contributed by atoms with Crippen LogP contribution in [0.5, 0.6) is 5.75 Å². The van der Waals surface area contributed by atoms with E-state index in [1.165, 1.54) is 0 Å². The number of fused-ring (bicyclic) bond motifs is 1. The summed E-state index contributed by atoms with van der Waals surface area (Å²) in [5.41, 5.74) is 0.707. The molecule has 7 heteroatoms. The molecular formula is C22H26O7. The van der Waals surface area contributed by atoms with Crippen molar-refractivity contribution < 1.29 is 33.3 Å². The topological polar surface area (TPSA) is 80.3 Å². The molecular weight excluding hydrogens is 376 g/mol. The summed E-state index contributed by atoms with van der Waals surface area (Å²) in [7, 11) is 1.62. The third kappa shape index (κ3) is 4.06. The second-order valence-corrected chi connectivity index (χ2v) is 6.62. The van der Waals surface area contributed by atoms with Crippen molar-refractivity contribution in [2.75, 3.05) is 20.3 Å². The molecule has 3 rings (SSSR count). The van der Waals surface area contributed by atoms with E-state index < -0.39 is 29.9 Å². The van der Waals surface area contributed by atoms with Crippen molar-refractivity contribution in [1.29, 1.82) is 0 Å². The van der Waals surface area contributed by atoms with Crippen LogP contribution in [0.2, 0.25) is 0 Å². The van der Waals surface area contributed by atoms with E-state index in [9.17, 15) is 9.59 Å². The summed E-state index contributed by atoms with van der Waals surface area (Å²) in [6.07, 6.45) is -2.00. The lowest BCUT2D eigenvalue weighted by Gasteiger charge is -2.27. The number of carbonyl (C=O) groups excluding carboxylic acids is 2. The van der Waals surface area contributed by atoms with Crippen molar-refractivity contribution in [2.45, 2.75) is 45.2 Å². The van der Waals surface area contributed by atoms with E-state index in [-0.39, 0.29) is 13.2 Å². The van der Waals surface area contributed by atoms with Crippen LogP contribution in [0.15, 0.2) is 36.4 Å². The Morgan fingerprint density at radius 2 is 1.45 bits per heavy atom. The van der Waals surface area contributed by atoms with Gasteiger partial charge in [-0.25, -0.2) is 9.59 Å². The second kappa shape index (κ2) is 8.80. The first-order valence-corrected chi connectivity index (χ1v) is 9.75. The molecule has 0 aliphatic carbocycles. The van der Waals surface area contributed by atoms with Gasteiger partial charge in [-0.3, -0.25) is 0 Å². The van der Waals surface area contributed by atoms with Crippen LogP contribution in [0.3, 0.4) is 0 Å². The van der Waals surface area contributed by atoms with Gasteiger partial charge in [-0.05, 0) is 42.8 Å². The minimum atomic E-state index is -1.26. The Morgan fingerprint density at radius 1 is 0.897 bits per heavy atom. The third-order valence-corrected chi connectivity index (χ3v) is 4.90. The van der Waals surface area contributed by atoms with E-state index in [1.807, 2.05) is 43.3 Å². The van der Waals surface area contributed by atoms with Crippen LogP contribution in [0.1, 0.15) is 32.8 Å². The second-order valence-electron chi connectivity index (χ2n) is 6.62. The van der Waals surface area contributed by atoms with Gasteiger partial charge in [-0.2, -0.15) is 0 Å². The lowest BCUT2D eigenvalue weighted by Crippen LogP contribution is -2.39. The van der Waals surface area contributed by atoms with Gasteiger partial charge in [0.25, 0.3) is 0 Å². The quantitative estimate of drug-likeness (QED) is 0.657. The average molecular weight is 402 g/mol. The molecule has 156 valence electrons. The average Bonchev–Trinajstić information content (AvgIpc) is 3.15. The molecule has 0 saturated carbocycles. The van der Waals surface area contributed by atoms with Gasteiger partial charge in [0.1, 0.15) is 5.75 Å².